The number of benzene rings is 4. The van der Waals surface area contributed by atoms with E-state index in [4.69, 9.17) is 9.47 Å². The van der Waals surface area contributed by atoms with E-state index in [2.05, 4.69) is 32.8 Å². The number of aliphatic hydroxyl groups is 2. The molecule has 1 saturated heterocycles. The molecule has 0 saturated carbocycles. The molecule has 2 aromatic heterocycles. The van der Waals surface area contributed by atoms with Crippen LogP contribution in [-0.2, 0) is 45.2 Å². The highest BCUT2D eigenvalue weighted by Gasteiger charge is 2.40. The fourth-order valence-corrected chi connectivity index (χ4v) is 10.1. The van der Waals surface area contributed by atoms with Crippen LogP contribution < -0.4 is 15.4 Å². The summed E-state index contributed by atoms with van der Waals surface area (Å²) in [6, 6.07) is 27.3. The van der Waals surface area contributed by atoms with E-state index in [9.17, 15) is 43.7 Å². The number of piperidine rings is 1. The predicted molar refractivity (Wildman–Crippen MR) is 290 cm³/mol. The zero-order chi connectivity index (χ0) is 55.1. The van der Waals surface area contributed by atoms with Crippen LogP contribution in [-0.4, -0.2) is 107 Å². The van der Waals surface area contributed by atoms with Crippen LogP contribution in [0.15, 0.2) is 103 Å². The number of imide groups is 1. The van der Waals surface area contributed by atoms with Crippen LogP contribution in [0.25, 0.3) is 22.4 Å². The lowest BCUT2D eigenvalue weighted by Crippen LogP contribution is -2.52. The van der Waals surface area contributed by atoms with E-state index in [1.54, 1.807) is 36.4 Å². The second-order valence-corrected chi connectivity index (χ2v) is 20.0. The number of amides is 4. The van der Waals surface area contributed by atoms with Crippen molar-refractivity contribution in [2.24, 2.45) is 0 Å². The smallest absolute Gasteiger partial charge is 0.305 e. The van der Waals surface area contributed by atoms with Gasteiger partial charge in [-0.05, 0) is 128 Å². The van der Waals surface area contributed by atoms with Gasteiger partial charge in [-0.15, -0.1) is 5.10 Å². The molecule has 2 aliphatic rings. The van der Waals surface area contributed by atoms with E-state index in [1.807, 2.05) is 77.8 Å². The standard InChI is InChI=1S/C60H66FN7O10/c1-39(2)56-55(59(75)62-44-17-6-5-7-18-44)54(57(41-22-24-43(61)25-23-41)67(56)30-28-46(69)35-47(70)36-53(72)73)42-15-10-20-48(34-42)78-33-13-19-45-37-66(65-64-45)29-8-3-4-9-31-77-32-12-16-40-14-11-21-49-50(40)38-68(60(49)76)51-26-27-52(71)63-58(51)74/h5-7,10-11,14-15,17-18,20-25,34,37,39,46-47,51,69-70H,3-4,8-9,13,19,26-33,35-36,38H2,1-2H3,(H,62,75)(H,72,73)(H,63,71,74). The minimum Gasteiger partial charge on any atom is -0.494 e. The van der Waals surface area contributed by atoms with Gasteiger partial charge in [-0.2, -0.15) is 0 Å². The minimum absolute atomic E-state index is 0.134. The van der Waals surface area contributed by atoms with Crippen LogP contribution in [0, 0.1) is 17.7 Å². The number of aryl methyl sites for hydroxylation is 2. The molecule has 0 radical (unpaired) electrons. The molecule has 408 valence electrons. The summed E-state index contributed by atoms with van der Waals surface area (Å²) in [5.74, 6) is 3.60. The van der Waals surface area contributed by atoms with Crippen molar-refractivity contribution in [1.29, 1.82) is 0 Å². The molecule has 0 aliphatic carbocycles. The molecular weight excluding hydrogens is 998 g/mol. The molecule has 6 aromatic rings. The van der Waals surface area contributed by atoms with Crippen LogP contribution in [0.1, 0.15) is 127 Å². The zero-order valence-corrected chi connectivity index (χ0v) is 44.0. The Hall–Kier alpha value is -7.98. The van der Waals surface area contributed by atoms with Gasteiger partial charge in [-0.25, -0.2) is 4.39 Å². The van der Waals surface area contributed by atoms with Crippen molar-refractivity contribution >= 4 is 35.3 Å². The number of nitrogens with zero attached hydrogens (tertiary/aromatic N) is 5. The number of anilines is 1. The number of carboxylic acid groups (broad SMARTS) is 1. The molecule has 17 nitrogen and oxygen atoms in total. The lowest BCUT2D eigenvalue weighted by atomic mass is 9.94. The summed E-state index contributed by atoms with van der Waals surface area (Å²) < 4.78 is 30.4. The molecule has 78 heavy (non-hydrogen) atoms. The number of aromatic nitrogens is 4. The Morgan fingerprint density at radius 3 is 2.44 bits per heavy atom. The largest absolute Gasteiger partial charge is 0.494 e. The second-order valence-electron chi connectivity index (χ2n) is 20.0. The van der Waals surface area contributed by atoms with Crippen LogP contribution in [0.2, 0.25) is 0 Å². The first-order valence-electron chi connectivity index (χ1n) is 26.7. The topological polar surface area (TPSA) is 227 Å². The number of halogens is 1. The quantitative estimate of drug-likeness (QED) is 0.0196. The van der Waals surface area contributed by atoms with Gasteiger partial charge in [0, 0.05) is 66.9 Å². The first-order valence-corrected chi connectivity index (χ1v) is 26.7. The number of aliphatic hydroxyl groups excluding tert-OH is 2. The number of para-hydroxylation sites is 1. The van der Waals surface area contributed by atoms with Crippen molar-refractivity contribution in [3.8, 4) is 40.0 Å². The van der Waals surface area contributed by atoms with Gasteiger partial charge in [0.2, 0.25) is 11.8 Å². The summed E-state index contributed by atoms with van der Waals surface area (Å²) in [7, 11) is 0. The lowest BCUT2D eigenvalue weighted by Gasteiger charge is -2.29. The number of unbranched alkanes of at least 4 members (excludes halogenated alkanes) is 3. The first kappa shape index (κ1) is 56.2. The Labute approximate surface area is 452 Å². The molecule has 1 fully saturated rings. The third-order valence-corrected chi connectivity index (χ3v) is 13.8. The highest BCUT2D eigenvalue weighted by atomic mass is 19.1. The predicted octanol–water partition coefficient (Wildman–Crippen LogP) is 8.31. The van der Waals surface area contributed by atoms with Gasteiger partial charge < -0.3 is 39.6 Å². The molecule has 5 N–H and O–H groups in total. The molecular formula is C60H66FN7O10. The number of aliphatic carboxylic acids is 1. The van der Waals surface area contributed by atoms with Crippen LogP contribution in [0.5, 0.6) is 5.75 Å². The Morgan fingerprint density at radius 1 is 0.885 bits per heavy atom. The van der Waals surface area contributed by atoms with Gasteiger partial charge in [0.1, 0.15) is 24.2 Å². The number of nitrogens with one attached hydrogen (secondary N) is 2. The summed E-state index contributed by atoms with van der Waals surface area (Å²) in [5.41, 5.74) is 7.09. The molecule has 8 rings (SSSR count). The van der Waals surface area contributed by atoms with Crippen LogP contribution in [0.3, 0.4) is 0 Å². The molecule has 18 heteroatoms. The van der Waals surface area contributed by atoms with Gasteiger partial charge in [0.25, 0.3) is 11.8 Å². The molecule has 4 aromatic carbocycles. The third-order valence-electron chi connectivity index (χ3n) is 13.8. The van der Waals surface area contributed by atoms with Crippen LogP contribution in [0.4, 0.5) is 10.1 Å². The monoisotopic (exact) mass is 1060 g/mol. The Balaban J connectivity index is 0.838. The normalized spacial score (nSPS) is 14.9. The molecule has 2 aliphatic heterocycles. The average molecular weight is 1060 g/mol. The van der Waals surface area contributed by atoms with Crippen molar-refractivity contribution in [1.82, 2.24) is 29.8 Å². The molecule has 0 spiro atoms. The summed E-state index contributed by atoms with van der Waals surface area (Å²) in [6.07, 6.45) is 4.73. The maximum atomic E-state index is 14.7. The molecule has 3 atom stereocenters. The number of fused-ring (bicyclic) bond motifs is 1. The first-order chi connectivity index (χ1) is 37.7. The fraction of sp³-hybridized carbons (Fsp3) is 0.383. The lowest BCUT2D eigenvalue weighted by molar-refractivity contribution is -0.140. The van der Waals surface area contributed by atoms with Gasteiger partial charge >= 0.3 is 5.97 Å². The number of hydrogen-bond donors (Lipinski definition) is 5. The molecule has 4 amide bonds. The van der Waals surface area contributed by atoms with E-state index in [0.29, 0.717) is 83.1 Å². The van der Waals surface area contributed by atoms with Crippen molar-refractivity contribution in [3.05, 3.63) is 143 Å². The van der Waals surface area contributed by atoms with Crippen molar-refractivity contribution in [2.75, 3.05) is 25.1 Å². The van der Waals surface area contributed by atoms with Crippen molar-refractivity contribution in [3.63, 3.8) is 0 Å². The fourth-order valence-electron chi connectivity index (χ4n) is 10.1. The van der Waals surface area contributed by atoms with Gasteiger partial charge in [-0.3, -0.25) is 34.0 Å². The van der Waals surface area contributed by atoms with Crippen molar-refractivity contribution in [2.45, 2.75) is 128 Å². The summed E-state index contributed by atoms with van der Waals surface area (Å²) >= 11 is 0. The van der Waals surface area contributed by atoms with Crippen molar-refractivity contribution < 1.29 is 53.2 Å². The van der Waals surface area contributed by atoms with E-state index in [0.717, 1.165) is 49.0 Å². The highest BCUT2D eigenvalue weighted by molar-refractivity contribution is 6.12. The van der Waals surface area contributed by atoms with E-state index >= 15 is 0 Å². The average Bonchev–Trinajstić information content (AvgIpc) is 4.15. The highest BCUT2D eigenvalue weighted by Crippen LogP contribution is 2.44. The van der Waals surface area contributed by atoms with E-state index < -0.39 is 42.4 Å². The van der Waals surface area contributed by atoms with Gasteiger partial charge in [-0.1, -0.05) is 80.1 Å². The summed E-state index contributed by atoms with van der Waals surface area (Å²) in [4.78, 5) is 64.6. The number of carbonyl (C=O) groups excluding carboxylic acids is 4. The minimum atomic E-state index is -1.24. The summed E-state index contributed by atoms with van der Waals surface area (Å²) in [5, 5.41) is 44.7. The zero-order valence-electron chi connectivity index (χ0n) is 44.0. The van der Waals surface area contributed by atoms with Gasteiger partial charge in [0.15, 0.2) is 0 Å². The number of rotatable bonds is 26. The molecule has 3 unspecified atom stereocenters. The number of ether oxygens (including phenoxy) is 2. The maximum absolute atomic E-state index is 14.7. The maximum Gasteiger partial charge on any atom is 0.305 e. The van der Waals surface area contributed by atoms with Crippen LogP contribution >= 0.6 is 0 Å². The third kappa shape index (κ3) is 14.5. The Kier molecular flexibility index (Phi) is 19.4. The molecule has 0 bridgehead atoms. The number of carbonyl (C=O) groups is 5. The number of carboxylic acids is 1. The Morgan fingerprint density at radius 2 is 1.67 bits per heavy atom. The van der Waals surface area contributed by atoms with E-state index in [1.165, 1.54) is 17.0 Å². The summed E-state index contributed by atoms with van der Waals surface area (Å²) in [6.45, 7) is 6.34. The Bertz CT molecular complexity index is 3140. The van der Waals surface area contributed by atoms with Gasteiger partial charge in [0.05, 0.1) is 42.2 Å². The SMILES string of the molecule is CC(C)c1c(C(=O)Nc2ccccc2)c(-c2cccc(OCCCc3cn(CCCCCCOCC#Cc4cccc5c4CN(C4CCC(=O)NC4=O)C5=O)nn3)c2)c(-c2ccc(F)cc2)n1CCC(O)CC(O)CC(=O)O. The number of hydrogen-bond acceptors (Lipinski definition) is 11. The molecule has 4 heterocycles. The second kappa shape index (κ2) is 26.9. The van der Waals surface area contributed by atoms with E-state index in [-0.39, 0.29) is 62.6 Å².